The van der Waals surface area contributed by atoms with Crippen molar-refractivity contribution in [2.24, 2.45) is 0 Å². The summed E-state index contributed by atoms with van der Waals surface area (Å²) in [6, 6.07) is 8.73. The van der Waals surface area contributed by atoms with E-state index in [4.69, 9.17) is 0 Å². The molecule has 0 radical (unpaired) electrons. The van der Waals surface area contributed by atoms with E-state index in [1.165, 1.54) is 11.1 Å². The first kappa shape index (κ1) is 10.3. The number of nitrogens with one attached hydrogen (secondary N) is 1. The highest BCUT2D eigenvalue weighted by Crippen LogP contribution is 2.21. The molecular weight excluding hydrogens is 204 g/mol. The topological polar surface area (TPSA) is 24.9 Å². The first-order valence-electron chi connectivity index (χ1n) is 4.93. The van der Waals surface area contributed by atoms with Crippen molar-refractivity contribution < 1.29 is 0 Å². The molecule has 1 N–H and O–H groups in total. The summed E-state index contributed by atoms with van der Waals surface area (Å²) >= 11 is 1.63. The highest BCUT2D eigenvalue weighted by molar-refractivity contribution is 7.07. The second-order valence-corrected chi connectivity index (χ2v) is 4.27. The lowest BCUT2D eigenvalue weighted by Gasteiger charge is -2.14. The predicted octanol–water partition coefficient (Wildman–Crippen LogP) is 2.76. The quantitative estimate of drug-likeness (QED) is 0.857. The van der Waals surface area contributed by atoms with Gasteiger partial charge in [-0.05, 0) is 19.5 Å². The lowest BCUT2D eigenvalue weighted by atomic mass is 10.0. The summed E-state index contributed by atoms with van der Waals surface area (Å²) < 4.78 is 0. The maximum Gasteiger partial charge on any atom is 0.0795 e. The van der Waals surface area contributed by atoms with E-state index in [0.29, 0.717) is 0 Å². The van der Waals surface area contributed by atoms with Gasteiger partial charge in [-0.15, -0.1) is 11.3 Å². The number of rotatable bonds is 3. The van der Waals surface area contributed by atoms with Crippen molar-refractivity contribution in [2.45, 2.75) is 13.0 Å². The molecule has 0 amide bonds. The third-order valence-corrected chi connectivity index (χ3v) is 3.02. The van der Waals surface area contributed by atoms with Crippen molar-refractivity contribution >= 4 is 11.3 Å². The zero-order valence-electron chi connectivity index (χ0n) is 8.90. The average Bonchev–Trinajstić information content (AvgIpc) is 2.72. The van der Waals surface area contributed by atoms with Crippen LogP contribution in [0.2, 0.25) is 0 Å². The molecule has 1 unspecified atom stereocenters. The molecule has 2 nitrogen and oxygen atoms in total. The minimum atomic E-state index is 0.205. The Morgan fingerprint density at radius 2 is 2.27 bits per heavy atom. The van der Waals surface area contributed by atoms with Gasteiger partial charge in [0.25, 0.3) is 0 Å². The van der Waals surface area contributed by atoms with Gasteiger partial charge in [-0.3, -0.25) is 0 Å². The van der Waals surface area contributed by atoms with Crippen LogP contribution in [0.1, 0.15) is 22.9 Å². The molecule has 0 saturated heterocycles. The maximum absolute atomic E-state index is 4.35. The van der Waals surface area contributed by atoms with Crippen LogP contribution < -0.4 is 5.32 Å². The van der Waals surface area contributed by atoms with Crippen LogP contribution in [0, 0.1) is 6.92 Å². The monoisotopic (exact) mass is 218 g/mol. The Kier molecular flexibility index (Phi) is 3.14. The second-order valence-electron chi connectivity index (χ2n) is 3.55. The standard InChI is InChI=1S/C12H14N2S/c1-9-4-3-5-10(6-9)12(13-2)11-7-15-8-14-11/h3-8,12-13H,1-2H3. The molecule has 2 aromatic rings. The normalized spacial score (nSPS) is 12.7. The highest BCUT2D eigenvalue weighted by atomic mass is 32.1. The van der Waals surface area contributed by atoms with Crippen LogP contribution in [0.4, 0.5) is 0 Å². The van der Waals surface area contributed by atoms with Gasteiger partial charge >= 0.3 is 0 Å². The largest absolute Gasteiger partial charge is 0.308 e. The van der Waals surface area contributed by atoms with Gasteiger partial charge in [-0.25, -0.2) is 4.98 Å². The average molecular weight is 218 g/mol. The van der Waals surface area contributed by atoms with Crippen molar-refractivity contribution in [2.75, 3.05) is 7.05 Å². The van der Waals surface area contributed by atoms with E-state index in [9.17, 15) is 0 Å². The zero-order valence-corrected chi connectivity index (χ0v) is 9.71. The number of aryl methyl sites for hydroxylation is 1. The van der Waals surface area contributed by atoms with Crippen LogP contribution >= 0.6 is 11.3 Å². The fraction of sp³-hybridized carbons (Fsp3) is 0.250. The predicted molar refractivity (Wildman–Crippen MR) is 64.2 cm³/mol. The molecule has 15 heavy (non-hydrogen) atoms. The van der Waals surface area contributed by atoms with Crippen molar-refractivity contribution in [1.82, 2.24) is 10.3 Å². The first-order chi connectivity index (χ1) is 7.31. The van der Waals surface area contributed by atoms with E-state index < -0.39 is 0 Å². The minimum absolute atomic E-state index is 0.205. The Hall–Kier alpha value is -1.19. The van der Waals surface area contributed by atoms with Crippen LogP contribution in [0.5, 0.6) is 0 Å². The fourth-order valence-corrected chi connectivity index (χ4v) is 2.28. The SMILES string of the molecule is CNC(c1cccc(C)c1)c1cscn1. The summed E-state index contributed by atoms with van der Waals surface area (Å²) in [5, 5.41) is 5.38. The number of hydrogen-bond acceptors (Lipinski definition) is 3. The van der Waals surface area contributed by atoms with Crippen molar-refractivity contribution in [3.63, 3.8) is 0 Å². The Bertz CT molecular complexity index is 423. The molecular formula is C12H14N2S. The number of hydrogen-bond donors (Lipinski definition) is 1. The third-order valence-electron chi connectivity index (χ3n) is 2.41. The lowest BCUT2D eigenvalue weighted by Crippen LogP contribution is -2.17. The fourth-order valence-electron chi connectivity index (χ4n) is 1.70. The molecule has 78 valence electrons. The Labute approximate surface area is 94.0 Å². The number of benzene rings is 1. The molecule has 1 heterocycles. The van der Waals surface area contributed by atoms with E-state index in [1.807, 2.05) is 12.6 Å². The van der Waals surface area contributed by atoms with E-state index in [1.54, 1.807) is 11.3 Å². The van der Waals surface area contributed by atoms with Crippen molar-refractivity contribution in [3.8, 4) is 0 Å². The molecule has 1 aromatic carbocycles. The number of nitrogens with zero attached hydrogens (tertiary/aromatic N) is 1. The van der Waals surface area contributed by atoms with E-state index in [0.717, 1.165) is 5.69 Å². The van der Waals surface area contributed by atoms with Gasteiger partial charge in [0.15, 0.2) is 0 Å². The molecule has 0 saturated carbocycles. The summed E-state index contributed by atoms with van der Waals surface area (Å²) in [6.45, 7) is 2.11. The van der Waals surface area contributed by atoms with Gasteiger partial charge in [0.05, 0.1) is 17.2 Å². The second kappa shape index (κ2) is 4.55. The smallest absolute Gasteiger partial charge is 0.0795 e. The summed E-state index contributed by atoms with van der Waals surface area (Å²) in [6.07, 6.45) is 0. The van der Waals surface area contributed by atoms with Crippen LogP contribution in [-0.2, 0) is 0 Å². The summed E-state index contributed by atoms with van der Waals surface area (Å²) in [5.41, 5.74) is 5.51. The summed E-state index contributed by atoms with van der Waals surface area (Å²) in [5.74, 6) is 0. The molecule has 0 aliphatic rings. The van der Waals surface area contributed by atoms with E-state index in [2.05, 4.69) is 46.9 Å². The molecule has 3 heteroatoms. The molecule has 0 fully saturated rings. The maximum atomic E-state index is 4.35. The molecule has 0 aliphatic heterocycles. The van der Waals surface area contributed by atoms with Crippen LogP contribution in [0.3, 0.4) is 0 Å². The minimum Gasteiger partial charge on any atom is -0.308 e. The van der Waals surface area contributed by atoms with Gasteiger partial charge < -0.3 is 5.32 Å². The molecule has 1 aromatic heterocycles. The Balaban J connectivity index is 2.35. The lowest BCUT2D eigenvalue weighted by molar-refractivity contribution is 0.675. The zero-order chi connectivity index (χ0) is 10.7. The molecule has 0 bridgehead atoms. The molecule has 0 aliphatic carbocycles. The third kappa shape index (κ3) is 2.25. The van der Waals surface area contributed by atoms with Crippen molar-refractivity contribution in [1.29, 1.82) is 0 Å². The molecule has 0 spiro atoms. The Morgan fingerprint density at radius 1 is 1.40 bits per heavy atom. The number of thiazole rings is 1. The van der Waals surface area contributed by atoms with E-state index >= 15 is 0 Å². The van der Waals surface area contributed by atoms with Gasteiger partial charge in [0, 0.05) is 5.38 Å². The summed E-state index contributed by atoms with van der Waals surface area (Å²) in [7, 11) is 1.96. The van der Waals surface area contributed by atoms with Gasteiger partial charge in [-0.2, -0.15) is 0 Å². The molecule has 2 rings (SSSR count). The van der Waals surface area contributed by atoms with Crippen LogP contribution in [0.25, 0.3) is 0 Å². The van der Waals surface area contributed by atoms with Gasteiger partial charge in [0.2, 0.25) is 0 Å². The Morgan fingerprint density at radius 3 is 2.87 bits per heavy atom. The number of aromatic nitrogens is 1. The summed E-state index contributed by atoms with van der Waals surface area (Å²) in [4.78, 5) is 4.35. The first-order valence-corrected chi connectivity index (χ1v) is 5.87. The van der Waals surface area contributed by atoms with Gasteiger partial charge in [-0.1, -0.05) is 29.8 Å². The van der Waals surface area contributed by atoms with Crippen LogP contribution in [-0.4, -0.2) is 12.0 Å². The highest BCUT2D eigenvalue weighted by Gasteiger charge is 2.13. The van der Waals surface area contributed by atoms with E-state index in [-0.39, 0.29) is 6.04 Å². The van der Waals surface area contributed by atoms with Gasteiger partial charge in [0.1, 0.15) is 0 Å². The van der Waals surface area contributed by atoms with Crippen LogP contribution in [0.15, 0.2) is 35.2 Å². The van der Waals surface area contributed by atoms with Crippen molar-refractivity contribution in [3.05, 3.63) is 52.0 Å². The molecule has 1 atom stereocenters.